The van der Waals surface area contributed by atoms with Gasteiger partial charge in [0.1, 0.15) is 17.3 Å². The Morgan fingerprint density at radius 1 is 1.05 bits per heavy atom. The van der Waals surface area contributed by atoms with Crippen molar-refractivity contribution in [2.24, 2.45) is 0 Å². The summed E-state index contributed by atoms with van der Waals surface area (Å²) in [5.41, 5.74) is 1.64. The predicted molar refractivity (Wildman–Crippen MR) is 168 cm³/mol. The molecule has 3 N–H and O–H groups in total. The molecule has 11 heteroatoms. The molecule has 3 aromatic carbocycles. The van der Waals surface area contributed by atoms with Gasteiger partial charge < -0.3 is 20.5 Å². The molecule has 6 rings (SSSR count). The van der Waals surface area contributed by atoms with Crippen molar-refractivity contribution in [2.75, 3.05) is 25.0 Å². The van der Waals surface area contributed by atoms with Gasteiger partial charge in [0.05, 0.1) is 12.6 Å². The molecule has 2 fully saturated rings. The van der Waals surface area contributed by atoms with E-state index in [2.05, 4.69) is 33.2 Å². The molecule has 8 nitrogen and oxygen atoms in total. The maximum atomic E-state index is 14.4. The summed E-state index contributed by atoms with van der Waals surface area (Å²) < 4.78 is 7.51. The number of carboxylic acid groups (broad SMARTS) is 1. The van der Waals surface area contributed by atoms with Crippen LogP contribution in [-0.2, 0) is 19.8 Å². The summed E-state index contributed by atoms with van der Waals surface area (Å²) >= 11 is 15.0. The fourth-order valence-corrected chi connectivity index (χ4v) is 7.56. The maximum absolute atomic E-state index is 14.4. The molecule has 0 radical (unpaired) electrons. The predicted octanol–water partition coefficient (Wildman–Crippen LogP) is 5.76. The summed E-state index contributed by atoms with van der Waals surface area (Å²) in [4.78, 5) is 40.9. The number of benzene rings is 3. The molecule has 3 aliphatic rings. The Hall–Kier alpha value is -2.86. The molecule has 1 spiro atoms. The molecule has 0 bridgehead atoms. The van der Waals surface area contributed by atoms with Crippen LogP contribution in [0.25, 0.3) is 0 Å². The molecule has 2 amide bonds. The number of piperidine rings is 2. The molecule has 3 aliphatic heterocycles. The van der Waals surface area contributed by atoms with Crippen LogP contribution in [0.1, 0.15) is 47.9 Å². The third-order valence-electron chi connectivity index (χ3n) is 8.47. The molecule has 0 aliphatic carbocycles. The largest absolute Gasteiger partial charge is 0.490 e. The van der Waals surface area contributed by atoms with Crippen molar-refractivity contribution in [2.45, 2.75) is 42.7 Å². The van der Waals surface area contributed by atoms with E-state index in [4.69, 9.17) is 33.0 Å². The zero-order valence-electron chi connectivity index (χ0n) is 22.4. The minimum atomic E-state index is -1.22. The number of carbonyl (C=O) groups is 3. The summed E-state index contributed by atoms with van der Waals surface area (Å²) in [6.07, 6.45) is 1.27. The first-order valence-electron chi connectivity index (χ1n) is 13.7. The molecule has 3 aromatic rings. The smallest absolute Gasteiger partial charge is 0.317 e. The number of anilines is 1. The van der Waals surface area contributed by atoms with E-state index in [1.807, 2.05) is 47.4 Å². The van der Waals surface area contributed by atoms with Gasteiger partial charge in [-0.3, -0.25) is 19.3 Å². The van der Waals surface area contributed by atoms with Crippen LogP contribution in [0.3, 0.4) is 0 Å². The van der Waals surface area contributed by atoms with Crippen molar-refractivity contribution >= 4 is 69.3 Å². The lowest BCUT2D eigenvalue weighted by molar-refractivity contribution is -0.139. The summed E-state index contributed by atoms with van der Waals surface area (Å²) in [7, 11) is 0. The normalized spacial score (nSPS) is 24.3. The van der Waals surface area contributed by atoms with Gasteiger partial charge in [-0.1, -0.05) is 41.4 Å². The van der Waals surface area contributed by atoms with Gasteiger partial charge in [0.25, 0.3) is 0 Å². The first kappa shape index (κ1) is 29.2. The lowest BCUT2D eigenvalue weighted by atomic mass is 9.59. The van der Waals surface area contributed by atoms with Crippen LogP contribution in [0.15, 0.2) is 60.7 Å². The summed E-state index contributed by atoms with van der Waals surface area (Å²) in [5, 5.41) is 16.4. The summed E-state index contributed by atoms with van der Waals surface area (Å²) in [6.45, 7) is 1.21. The number of rotatable bonds is 6. The monoisotopic (exact) mass is 719 g/mol. The van der Waals surface area contributed by atoms with Gasteiger partial charge in [-0.2, -0.15) is 0 Å². The van der Waals surface area contributed by atoms with E-state index in [-0.39, 0.29) is 30.9 Å². The van der Waals surface area contributed by atoms with Crippen molar-refractivity contribution in [3.63, 3.8) is 0 Å². The number of amides is 2. The quantitative estimate of drug-likeness (QED) is 0.280. The van der Waals surface area contributed by atoms with E-state index in [1.54, 1.807) is 18.2 Å². The van der Waals surface area contributed by atoms with Crippen LogP contribution >= 0.6 is 45.8 Å². The number of nitrogens with zero attached hydrogens (tertiary/aromatic N) is 1. The number of carboxylic acids is 1. The summed E-state index contributed by atoms with van der Waals surface area (Å²) in [6, 6.07) is 17.7. The number of likely N-dealkylation sites (tertiary alicyclic amines) is 1. The lowest BCUT2D eigenvalue weighted by Crippen LogP contribution is -2.57. The second-order valence-corrected chi connectivity index (χ2v) is 13.1. The molecule has 3 atom stereocenters. The molecule has 218 valence electrons. The van der Waals surface area contributed by atoms with Crippen LogP contribution in [0.5, 0.6) is 5.75 Å². The van der Waals surface area contributed by atoms with Gasteiger partial charge in [0.15, 0.2) is 0 Å². The molecular weight excluding hydrogens is 692 g/mol. The second-order valence-electron chi connectivity index (χ2n) is 11.0. The van der Waals surface area contributed by atoms with E-state index in [0.717, 1.165) is 14.7 Å². The number of hydrogen-bond donors (Lipinski definition) is 3. The average Bonchev–Trinajstić information content (AvgIpc) is 3.22. The Kier molecular flexibility index (Phi) is 8.12. The third-order valence-corrected chi connectivity index (χ3v) is 9.61. The molecule has 2 saturated heterocycles. The Balaban J connectivity index is 1.46. The second kappa shape index (κ2) is 11.7. The van der Waals surface area contributed by atoms with Gasteiger partial charge >= 0.3 is 5.97 Å². The fourth-order valence-electron chi connectivity index (χ4n) is 6.68. The summed E-state index contributed by atoms with van der Waals surface area (Å²) in [5.74, 6) is -1.21. The number of aliphatic carboxylic acids is 1. The first-order chi connectivity index (χ1) is 20.1. The minimum absolute atomic E-state index is 0.00154. The average molecular weight is 720 g/mol. The Morgan fingerprint density at radius 2 is 1.81 bits per heavy atom. The van der Waals surface area contributed by atoms with Crippen molar-refractivity contribution in [1.29, 1.82) is 0 Å². The fraction of sp³-hybridized carbons (Fsp3) is 0.323. The molecule has 0 saturated carbocycles. The van der Waals surface area contributed by atoms with Gasteiger partial charge in [0, 0.05) is 50.3 Å². The molecular formula is C31H28Cl2IN3O5. The number of nitrogens with one attached hydrogen (secondary N) is 2. The van der Waals surface area contributed by atoms with Crippen molar-refractivity contribution in [1.82, 2.24) is 10.2 Å². The van der Waals surface area contributed by atoms with Crippen LogP contribution in [-0.4, -0.2) is 53.5 Å². The Bertz CT molecular complexity index is 1580. The highest BCUT2D eigenvalue weighted by atomic mass is 127. The molecule has 3 heterocycles. The maximum Gasteiger partial charge on any atom is 0.317 e. The van der Waals surface area contributed by atoms with Gasteiger partial charge in [-0.15, -0.1) is 0 Å². The molecule has 0 aromatic heterocycles. The van der Waals surface area contributed by atoms with E-state index in [0.29, 0.717) is 53.0 Å². The molecule has 42 heavy (non-hydrogen) atoms. The number of carbonyl (C=O) groups excluding carboxylic acids is 2. The SMILES string of the molecule is O=C(O)CN1CCC(Oc2ccc(I)cc2[C@H]2NC(=O)C[C@@H](c3cccc(Cl)c3)[C@]23C(=O)Nc2cc(Cl)ccc23)CC1. The topological polar surface area (TPSA) is 108 Å². The standard InChI is InChI=1S/C31H28Cl2IN3O5/c32-18-3-1-2-17(12-18)24-15-27(38)36-29(31(24)23-6-4-19(33)13-25(23)35-30(31)41)22-14-20(34)5-7-26(22)42-21-8-10-37(11-9-21)16-28(39)40/h1-7,12-14,21,24,29H,8-11,15-16H2,(H,35,41)(H,36,38)(H,39,40)/t24-,29+,31-/m0/s1. The van der Waals surface area contributed by atoms with Crippen molar-refractivity contribution in [3.8, 4) is 5.75 Å². The minimum Gasteiger partial charge on any atom is -0.490 e. The Labute approximate surface area is 266 Å². The van der Waals surface area contributed by atoms with Gasteiger partial charge in [0.2, 0.25) is 11.8 Å². The number of halogens is 3. The van der Waals surface area contributed by atoms with E-state index in [9.17, 15) is 14.4 Å². The van der Waals surface area contributed by atoms with E-state index < -0.39 is 23.3 Å². The van der Waals surface area contributed by atoms with Gasteiger partial charge in [-0.25, -0.2) is 0 Å². The zero-order valence-corrected chi connectivity index (χ0v) is 26.1. The van der Waals surface area contributed by atoms with Crippen LogP contribution in [0.2, 0.25) is 10.0 Å². The Morgan fingerprint density at radius 3 is 2.55 bits per heavy atom. The molecule has 0 unspecified atom stereocenters. The third kappa shape index (κ3) is 5.36. The number of fused-ring (bicyclic) bond motifs is 2. The van der Waals surface area contributed by atoms with Crippen molar-refractivity contribution < 1.29 is 24.2 Å². The highest BCUT2D eigenvalue weighted by molar-refractivity contribution is 14.1. The van der Waals surface area contributed by atoms with Crippen LogP contribution in [0, 0.1) is 3.57 Å². The van der Waals surface area contributed by atoms with Crippen LogP contribution in [0.4, 0.5) is 5.69 Å². The van der Waals surface area contributed by atoms with E-state index >= 15 is 0 Å². The zero-order chi connectivity index (χ0) is 29.6. The number of hydrogen-bond acceptors (Lipinski definition) is 5. The van der Waals surface area contributed by atoms with Crippen molar-refractivity contribution in [3.05, 3.63) is 91.0 Å². The highest BCUT2D eigenvalue weighted by Crippen LogP contribution is 2.58. The highest BCUT2D eigenvalue weighted by Gasteiger charge is 2.61. The first-order valence-corrected chi connectivity index (χ1v) is 15.5. The number of ether oxygens (including phenoxy) is 1. The lowest BCUT2D eigenvalue weighted by Gasteiger charge is -2.47. The van der Waals surface area contributed by atoms with Gasteiger partial charge in [-0.05, 0) is 89.0 Å². The van der Waals surface area contributed by atoms with E-state index in [1.165, 1.54) is 0 Å². The van der Waals surface area contributed by atoms with Crippen LogP contribution < -0.4 is 15.4 Å².